The predicted molar refractivity (Wildman–Crippen MR) is 98.8 cm³/mol. The molecule has 29 heavy (non-hydrogen) atoms. The van der Waals surface area contributed by atoms with Crippen LogP contribution in [-0.4, -0.2) is 41.8 Å². The van der Waals surface area contributed by atoms with Crippen LogP contribution in [0.1, 0.15) is 42.6 Å². The van der Waals surface area contributed by atoms with Gasteiger partial charge in [0.2, 0.25) is 5.95 Å². The van der Waals surface area contributed by atoms with Crippen molar-refractivity contribution in [3.63, 3.8) is 0 Å². The van der Waals surface area contributed by atoms with E-state index in [1.165, 1.54) is 7.05 Å². The van der Waals surface area contributed by atoms with Crippen LogP contribution in [0.3, 0.4) is 0 Å². The van der Waals surface area contributed by atoms with Crippen molar-refractivity contribution in [1.82, 2.24) is 34.7 Å². The van der Waals surface area contributed by atoms with Gasteiger partial charge in [-0.15, -0.1) is 5.10 Å². The van der Waals surface area contributed by atoms with Crippen molar-refractivity contribution in [3.05, 3.63) is 36.0 Å². The molecule has 1 saturated carbocycles. The molecule has 2 N–H and O–H groups in total. The van der Waals surface area contributed by atoms with Crippen molar-refractivity contribution in [1.29, 1.82) is 0 Å². The maximum Gasteiger partial charge on any atom is 0.421 e. The highest BCUT2D eigenvalue weighted by Gasteiger charge is 2.35. The molecule has 0 bridgehead atoms. The standard InChI is InChI=1S/C17H20F3N9/c1-10-14(24-16-22-8-13(17(18,19)20)15(21-2)25-16)9-29(26-10)12-4-3-11(7-12)28-6-5-23-27-28/h5-6,8-9,11-12H,3-4,7H2,1-2H3,(H2,21,22,24,25)/t11-,12+/m0/s1. The number of hydrogen-bond acceptors (Lipinski definition) is 7. The number of alkyl halides is 3. The van der Waals surface area contributed by atoms with Crippen molar-refractivity contribution < 1.29 is 13.2 Å². The van der Waals surface area contributed by atoms with Crippen LogP contribution in [0.25, 0.3) is 0 Å². The first kappa shape index (κ1) is 19.2. The summed E-state index contributed by atoms with van der Waals surface area (Å²) in [5.41, 5.74) is 0.447. The van der Waals surface area contributed by atoms with Gasteiger partial charge in [-0.3, -0.25) is 4.68 Å². The molecule has 1 aliphatic rings. The SMILES string of the molecule is CNc1nc(Nc2cn([C@@H]3CC[C@H](n4ccnn4)C3)nc2C)ncc1C(F)(F)F. The van der Waals surface area contributed by atoms with E-state index in [0.29, 0.717) is 11.4 Å². The Hall–Kier alpha value is -3.18. The molecule has 3 aromatic rings. The molecule has 0 unspecified atom stereocenters. The van der Waals surface area contributed by atoms with E-state index < -0.39 is 11.7 Å². The maximum atomic E-state index is 13.0. The number of aryl methyl sites for hydroxylation is 1. The van der Waals surface area contributed by atoms with E-state index in [4.69, 9.17) is 0 Å². The smallest absolute Gasteiger partial charge is 0.372 e. The van der Waals surface area contributed by atoms with Gasteiger partial charge in [0.25, 0.3) is 0 Å². The summed E-state index contributed by atoms with van der Waals surface area (Å²) < 4.78 is 42.8. The lowest BCUT2D eigenvalue weighted by Crippen LogP contribution is -2.12. The van der Waals surface area contributed by atoms with Crippen LogP contribution in [0.5, 0.6) is 0 Å². The van der Waals surface area contributed by atoms with Gasteiger partial charge in [-0.05, 0) is 26.2 Å². The lowest BCUT2D eigenvalue weighted by molar-refractivity contribution is -0.137. The first-order chi connectivity index (χ1) is 13.8. The molecule has 12 heteroatoms. The molecule has 0 aromatic carbocycles. The van der Waals surface area contributed by atoms with Crippen LogP contribution in [-0.2, 0) is 6.18 Å². The molecule has 2 atom stereocenters. The third-order valence-corrected chi connectivity index (χ3v) is 5.06. The van der Waals surface area contributed by atoms with Crippen molar-refractivity contribution >= 4 is 17.5 Å². The van der Waals surface area contributed by atoms with Crippen molar-refractivity contribution in [2.24, 2.45) is 0 Å². The third kappa shape index (κ3) is 3.87. The number of halogens is 3. The normalized spacial score (nSPS) is 19.5. The fraction of sp³-hybridized carbons (Fsp3) is 0.471. The number of aromatic nitrogens is 7. The number of nitrogens with zero attached hydrogens (tertiary/aromatic N) is 7. The van der Waals surface area contributed by atoms with Gasteiger partial charge in [0, 0.05) is 25.6 Å². The number of nitrogens with one attached hydrogen (secondary N) is 2. The average Bonchev–Trinajstić information content (AvgIpc) is 3.41. The lowest BCUT2D eigenvalue weighted by Gasteiger charge is -2.13. The van der Waals surface area contributed by atoms with Gasteiger partial charge in [-0.2, -0.15) is 23.3 Å². The summed E-state index contributed by atoms with van der Waals surface area (Å²) in [5, 5.41) is 17.9. The molecule has 0 spiro atoms. The van der Waals surface area contributed by atoms with Crippen LogP contribution in [0.2, 0.25) is 0 Å². The summed E-state index contributed by atoms with van der Waals surface area (Å²) in [6.45, 7) is 1.83. The molecular formula is C17H20F3N9. The van der Waals surface area contributed by atoms with Crippen molar-refractivity contribution in [2.45, 2.75) is 44.4 Å². The Kier molecular flexibility index (Phi) is 4.84. The predicted octanol–water partition coefficient (Wildman–Crippen LogP) is 3.34. The van der Waals surface area contributed by atoms with E-state index in [-0.39, 0.29) is 23.8 Å². The Labute approximate surface area is 164 Å². The Morgan fingerprint density at radius 1 is 1.17 bits per heavy atom. The molecule has 4 rings (SSSR count). The molecule has 1 fully saturated rings. The summed E-state index contributed by atoms with van der Waals surface area (Å²) in [7, 11) is 1.39. The highest BCUT2D eigenvalue weighted by Crippen LogP contribution is 2.38. The zero-order chi connectivity index (χ0) is 20.6. The Bertz CT molecular complexity index is 981. The van der Waals surface area contributed by atoms with Crippen molar-refractivity contribution in [3.8, 4) is 0 Å². The molecule has 3 heterocycles. The first-order valence-corrected chi connectivity index (χ1v) is 9.15. The van der Waals surface area contributed by atoms with Crippen LogP contribution >= 0.6 is 0 Å². The summed E-state index contributed by atoms with van der Waals surface area (Å²) in [6.07, 6.45) is 4.40. The van der Waals surface area contributed by atoms with Crippen molar-refractivity contribution in [2.75, 3.05) is 17.7 Å². The van der Waals surface area contributed by atoms with E-state index in [2.05, 4.69) is 36.0 Å². The zero-order valence-electron chi connectivity index (χ0n) is 15.8. The topological polar surface area (TPSA) is 98.4 Å². The fourth-order valence-corrected chi connectivity index (χ4v) is 3.58. The molecule has 0 saturated heterocycles. The molecule has 1 aliphatic carbocycles. The van der Waals surface area contributed by atoms with E-state index in [1.807, 2.05) is 28.7 Å². The average molecular weight is 407 g/mol. The van der Waals surface area contributed by atoms with Gasteiger partial charge >= 0.3 is 6.18 Å². The Balaban J connectivity index is 1.50. The number of hydrogen-bond donors (Lipinski definition) is 2. The van der Waals surface area contributed by atoms with Crippen LogP contribution in [0, 0.1) is 6.92 Å². The monoisotopic (exact) mass is 407 g/mol. The molecule has 0 radical (unpaired) electrons. The second-order valence-corrected chi connectivity index (χ2v) is 6.94. The fourth-order valence-electron chi connectivity index (χ4n) is 3.58. The Morgan fingerprint density at radius 2 is 1.93 bits per heavy atom. The van der Waals surface area contributed by atoms with E-state index in [0.717, 1.165) is 25.5 Å². The van der Waals surface area contributed by atoms with Gasteiger partial charge in [0.15, 0.2) is 0 Å². The second kappa shape index (κ2) is 7.33. The second-order valence-electron chi connectivity index (χ2n) is 6.94. The Morgan fingerprint density at radius 3 is 2.59 bits per heavy atom. The van der Waals surface area contributed by atoms with Crippen LogP contribution < -0.4 is 10.6 Å². The first-order valence-electron chi connectivity index (χ1n) is 9.15. The largest absolute Gasteiger partial charge is 0.421 e. The van der Waals surface area contributed by atoms with Gasteiger partial charge in [0.05, 0.1) is 29.7 Å². The van der Waals surface area contributed by atoms with Gasteiger partial charge in [-0.1, -0.05) is 5.21 Å². The minimum atomic E-state index is -4.53. The summed E-state index contributed by atoms with van der Waals surface area (Å²) in [6, 6.07) is 0.486. The highest BCUT2D eigenvalue weighted by molar-refractivity contribution is 5.57. The van der Waals surface area contributed by atoms with Gasteiger partial charge < -0.3 is 10.6 Å². The molecular weight excluding hydrogens is 387 g/mol. The van der Waals surface area contributed by atoms with E-state index in [9.17, 15) is 13.2 Å². The van der Waals surface area contributed by atoms with E-state index >= 15 is 0 Å². The zero-order valence-corrected chi connectivity index (χ0v) is 15.8. The number of anilines is 3. The van der Waals surface area contributed by atoms with Gasteiger partial charge in [-0.25, -0.2) is 9.67 Å². The minimum Gasteiger partial charge on any atom is -0.372 e. The molecule has 154 valence electrons. The molecule has 3 aromatic heterocycles. The van der Waals surface area contributed by atoms with Crippen LogP contribution in [0.4, 0.5) is 30.6 Å². The third-order valence-electron chi connectivity index (χ3n) is 5.06. The van der Waals surface area contributed by atoms with E-state index in [1.54, 1.807) is 6.20 Å². The summed E-state index contributed by atoms with van der Waals surface area (Å²) in [4.78, 5) is 7.74. The molecule has 0 aliphatic heterocycles. The highest BCUT2D eigenvalue weighted by atomic mass is 19.4. The van der Waals surface area contributed by atoms with Gasteiger partial charge in [0.1, 0.15) is 11.4 Å². The van der Waals surface area contributed by atoms with Crippen LogP contribution in [0.15, 0.2) is 24.8 Å². The summed E-state index contributed by atoms with van der Waals surface area (Å²) in [5.74, 6) is -0.219. The number of rotatable bonds is 5. The maximum absolute atomic E-state index is 13.0. The minimum absolute atomic E-state index is 0.0666. The molecule has 9 nitrogen and oxygen atoms in total. The quantitative estimate of drug-likeness (QED) is 0.669. The molecule has 0 amide bonds. The lowest BCUT2D eigenvalue weighted by atomic mass is 10.2. The summed E-state index contributed by atoms with van der Waals surface area (Å²) >= 11 is 0.